The van der Waals surface area contributed by atoms with Gasteiger partial charge in [0.05, 0.1) is 85.5 Å². The molecule has 17 nitrogen and oxygen atoms in total. The number of likely N-dealkylation sites (N-methyl/N-ethyl adjacent to an activating group) is 1. The van der Waals surface area contributed by atoms with Crippen LogP contribution in [0.15, 0.2) is 42.7 Å². The van der Waals surface area contributed by atoms with E-state index in [1.54, 1.807) is 12.3 Å². The highest BCUT2D eigenvalue weighted by atomic mass is 16.6. The Morgan fingerprint density at radius 3 is 1.92 bits per heavy atom. The number of aliphatic hydroxyl groups excluding tert-OH is 1. The minimum Gasteiger partial charge on any atom is -0.478 e. The number of carboxylic acids is 1. The van der Waals surface area contributed by atoms with Crippen LogP contribution >= 0.6 is 0 Å². The molecule has 17 heteroatoms. The summed E-state index contributed by atoms with van der Waals surface area (Å²) in [6.07, 6.45) is 11.5. The zero-order valence-corrected chi connectivity index (χ0v) is 37.7. The molecular weight excluding hydrogens is 787 g/mol. The van der Waals surface area contributed by atoms with E-state index in [-0.39, 0.29) is 12.6 Å². The molecule has 0 aromatic carbocycles. The first-order valence-corrected chi connectivity index (χ1v) is 21.9. The second-order valence-electron chi connectivity index (χ2n) is 14.0. The quantitative estimate of drug-likeness (QED) is 0.0515. The van der Waals surface area contributed by atoms with Crippen molar-refractivity contribution in [3.63, 3.8) is 0 Å². The van der Waals surface area contributed by atoms with Crippen molar-refractivity contribution in [3.8, 4) is 5.88 Å². The Kier molecular flexibility index (Phi) is 30.2. The first-order chi connectivity index (χ1) is 29.8. The van der Waals surface area contributed by atoms with Gasteiger partial charge in [-0.3, -0.25) is 0 Å². The van der Waals surface area contributed by atoms with E-state index in [1.807, 2.05) is 40.9 Å². The Hall–Kier alpha value is -3.94. The Labute approximate surface area is 363 Å². The van der Waals surface area contributed by atoms with Gasteiger partial charge in [-0.25, -0.2) is 14.8 Å². The Morgan fingerprint density at radius 1 is 0.836 bits per heavy atom. The summed E-state index contributed by atoms with van der Waals surface area (Å²) < 4.78 is 40.8. The summed E-state index contributed by atoms with van der Waals surface area (Å²) in [4.78, 5) is 24.1. The van der Waals surface area contributed by atoms with E-state index in [1.165, 1.54) is 12.8 Å². The average molecular weight is 862 g/mol. The van der Waals surface area contributed by atoms with Gasteiger partial charge in [0.15, 0.2) is 5.65 Å². The molecule has 0 amide bonds. The maximum atomic E-state index is 10.5. The molecule has 0 spiro atoms. The van der Waals surface area contributed by atoms with E-state index in [2.05, 4.69) is 54.9 Å². The third kappa shape index (κ3) is 23.2. The molecule has 3 rings (SSSR count). The number of aryl methyl sites for hydroxylation is 1. The van der Waals surface area contributed by atoms with Crippen molar-refractivity contribution in [1.82, 2.24) is 24.5 Å². The first kappa shape index (κ1) is 53.2. The molecule has 0 aliphatic carbocycles. The number of hydrogen-bond acceptors (Lipinski definition) is 15. The molecule has 1 atom stereocenters. The zero-order chi connectivity index (χ0) is 44.3. The van der Waals surface area contributed by atoms with Gasteiger partial charge in [0.1, 0.15) is 18.2 Å². The van der Waals surface area contributed by atoms with E-state index in [4.69, 9.17) is 43.2 Å². The molecule has 0 aliphatic rings. The summed E-state index contributed by atoms with van der Waals surface area (Å²) in [6, 6.07) is 6.06. The number of rotatable bonds is 36. The number of fused-ring (bicyclic) bond motifs is 1. The summed E-state index contributed by atoms with van der Waals surface area (Å²) in [7, 11) is 1.90. The largest absolute Gasteiger partial charge is 0.478 e. The van der Waals surface area contributed by atoms with Crippen molar-refractivity contribution < 1.29 is 48.2 Å². The van der Waals surface area contributed by atoms with Crippen LogP contribution in [0.25, 0.3) is 5.65 Å². The Morgan fingerprint density at radius 2 is 1.43 bits per heavy atom. The molecule has 0 radical (unpaired) electrons. The van der Waals surface area contributed by atoms with Crippen molar-refractivity contribution in [1.29, 1.82) is 0 Å². The molecule has 3 aromatic rings. The van der Waals surface area contributed by atoms with Crippen LogP contribution in [0.3, 0.4) is 0 Å². The van der Waals surface area contributed by atoms with Crippen LogP contribution in [-0.2, 0) is 46.2 Å². The van der Waals surface area contributed by atoms with Gasteiger partial charge >= 0.3 is 5.97 Å². The topological polar surface area (TPSA) is 184 Å². The monoisotopic (exact) mass is 862 g/mol. The molecule has 1 unspecified atom stereocenters. The number of aromatic nitrogens is 4. The number of anilines is 2. The van der Waals surface area contributed by atoms with Crippen molar-refractivity contribution in [2.75, 3.05) is 129 Å². The number of carbonyl (C=O) groups is 1. The number of ether oxygens (including phenoxy) is 7. The number of aliphatic hydroxyl groups is 1. The Balaban J connectivity index is 0.00000306. The zero-order valence-electron chi connectivity index (χ0n) is 37.7. The van der Waals surface area contributed by atoms with E-state index < -0.39 is 5.97 Å². The maximum absolute atomic E-state index is 10.5. The molecule has 0 saturated heterocycles. The highest BCUT2D eigenvalue weighted by Gasteiger charge is 2.20. The van der Waals surface area contributed by atoms with Crippen LogP contribution in [0.5, 0.6) is 5.88 Å². The van der Waals surface area contributed by atoms with Crippen LogP contribution in [-0.4, -0.2) is 166 Å². The van der Waals surface area contributed by atoms with E-state index in [0.29, 0.717) is 118 Å². The van der Waals surface area contributed by atoms with Crippen molar-refractivity contribution in [2.24, 2.45) is 0 Å². The third-order valence-electron chi connectivity index (χ3n) is 9.33. The second-order valence-corrected chi connectivity index (χ2v) is 14.0. The van der Waals surface area contributed by atoms with Crippen LogP contribution in [0.4, 0.5) is 11.6 Å². The standard InChI is InChI=1S/C40H65N7O10.C4H10/c1-5-34-32-43-47-36(29-37(44-40(34)47)46(7-3)35(6-2)12-15-48)41-30-33-10-11-38(42-31-33)57-28-27-56-26-25-55-24-23-54-22-21-53-20-19-52-18-17-51-16-14-45(4)13-8-9-39(49)50;1-3-4-2/h8-11,29,31-32,35,41,48H,5-7,12-28,30H2,1-4H3,(H,49,50);3-4H2,1-2H3/b9-8+;. The number of unbranched alkanes of at least 4 members (excludes halogenated alkanes) is 1. The van der Waals surface area contributed by atoms with Crippen molar-refractivity contribution in [2.45, 2.75) is 79.3 Å². The number of carboxylic acid groups (broad SMARTS) is 1. The van der Waals surface area contributed by atoms with Gasteiger partial charge in [0.2, 0.25) is 5.88 Å². The van der Waals surface area contributed by atoms with Gasteiger partial charge < -0.3 is 58.5 Å². The average Bonchev–Trinajstić information content (AvgIpc) is 3.69. The lowest BCUT2D eigenvalue weighted by molar-refractivity contribution is -0.131. The number of nitrogens with one attached hydrogen (secondary N) is 1. The van der Waals surface area contributed by atoms with Gasteiger partial charge in [-0.05, 0) is 38.8 Å². The van der Waals surface area contributed by atoms with Gasteiger partial charge in [0, 0.05) is 68.8 Å². The normalized spacial score (nSPS) is 11.9. The van der Waals surface area contributed by atoms with E-state index >= 15 is 0 Å². The lowest BCUT2D eigenvalue weighted by atomic mass is 10.1. The molecular formula is C44H75N7O10. The van der Waals surface area contributed by atoms with Gasteiger partial charge in [0.25, 0.3) is 0 Å². The predicted octanol–water partition coefficient (Wildman–Crippen LogP) is 5.14. The number of hydrogen-bond donors (Lipinski definition) is 3. The molecule has 3 aromatic heterocycles. The highest BCUT2D eigenvalue weighted by Crippen LogP contribution is 2.25. The SMILES string of the molecule is CCCC.CCc1cnn2c(NCc3ccc(OCCOCCOCCOCCOCCOCCOCCN(C)C/C=C/C(=O)O)nc3)cc(N(CC)C(CC)CCO)nc12. The lowest BCUT2D eigenvalue weighted by Gasteiger charge is -2.31. The molecule has 0 fully saturated rings. The van der Waals surface area contributed by atoms with Crippen molar-refractivity contribution in [3.05, 3.63) is 53.9 Å². The summed E-state index contributed by atoms with van der Waals surface area (Å²) in [6.45, 7) is 19.5. The molecule has 346 valence electrons. The molecule has 0 saturated carbocycles. The minimum absolute atomic E-state index is 0.138. The van der Waals surface area contributed by atoms with Crippen molar-refractivity contribution >= 4 is 23.3 Å². The molecule has 0 bridgehead atoms. The maximum Gasteiger partial charge on any atom is 0.328 e. The fourth-order valence-corrected chi connectivity index (χ4v) is 5.70. The molecule has 0 aliphatic heterocycles. The summed E-state index contributed by atoms with van der Waals surface area (Å²) >= 11 is 0. The number of aliphatic carboxylic acids is 1. The first-order valence-electron chi connectivity index (χ1n) is 21.9. The van der Waals surface area contributed by atoms with Gasteiger partial charge in [-0.2, -0.15) is 9.61 Å². The Bertz CT molecular complexity index is 1560. The second kappa shape index (κ2) is 34.6. The van der Waals surface area contributed by atoms with E-state index in [0.717, 1.165) is 53.9 Å². The van der Waals surface area contributed by atoms with Gasteiger partial charge in [-0.15, -0.1) is 0 Å². The number of nitrogens with zero attached hydrogens (tertiary/aromatic N) is 6. The molecule has 3 heterocycles. The fraction of sp³-hybridized carbons (Fsp3) is 0.682. The number of pyridine rings is 1. The fourth-order valence-electron chi connectivity index (χ4n) is 5.70. The predicted molar refractivity (Wildman–Crippen MR) is 238 cm³/mol. The highest BCUT2D eigenvalue weighted by molar-refractivity contribution is 5.79. The third-order valence-corrected chi connectivity index (χ3v) is 9.33. The smallest absolute Gasteiger partial charge is 0.328 e. The lowest BCUT2D eigenvalue weighted by Crippen LogP contribution is -2.36. The summed E-state index contributed by atoms with van der Waals surface area (Å²) in [5, 5.41) is 26.4. The minimum atomic E-state index is -0.945. The molecule has 61 heavy (non-hydrogen) atoms. The van der Waals surface area contributed by atoms with Crippen LogP contribution < -0.4 is 15.0 Å². The summed E-state index contributed by atoms with van der Waals surface area (Å²) in [5.41, 5.74) is 2.91. The van der Waals surface area contributed by atoms with Gasteiger partial charge in [-0.1, -0.05) is 52.7 Å². The van der Waals surface area contributed by atoms with Crippen LogP contribution in [0, 0.1) is 0 Å². The van der Waals surface area contributed by atoms with Crippen LogP contribution in [0.2, 0.25) is 0 Å². The van der Waals surface area contributed by atoms with Crippen LogP contribution in [0.1, 0.15) is 71.4 Å². The summed E-state index contributed by atoms with van der Waals surface area (Å²) in [5.74, 6) is 1.29. The molecule has 3 N–H and O–H groups in total. The van der Waals surface area contributed by atoms with E-state index in [9.17, 15) is 9.90 Å².